The summed E-state index contributed by atoms with van der Waals surface area (Å²) in [4.78, 5) is 6.95. The minimum Gasteiger partial charge on any atom is -0.330 e. The van der Waals surface area contributed by atoms with Crippen LogP contribution in [0, 0.1) is 0 Å². The highest BCUT2D eigenvalue weighted by Gasteiger charge is 2.07. The molecule has 4 heteroatoms. The van der Waals surface area contributed by atoms with E-state index in [4.69, 9.17) is 5.73 Å². The van der Waals surface area contributed by atoms with Gasteiger partial charge in [-0.2, -0.15) is 0 Å². The van der Waals surface area contributed by atoms with Gasteiger partial charge in [0.2, 0.25) is 0 Å². The van der Waals surface area contributed by atoms with Crippen LogP contribution in [-0.4, -0.2) is 29.5 Å². The summed E-state index contributed by atoms with van der Waals surface area (Å²) >= 11 is 1.68. The lowest BCUT2D eigenvalue weighted by molar-refractivity contribution is 0.328. The van der Waals surface area contributed by atoms with Crippen molar-refractivity contribution in [1.82, 2.24) is 9.88 Å². The van der Waals surface area contributed by atoms with Gasteiger partial charge in [0, 0.05) is 37.0 Å². The number of hydrogen-bond acceptors (Lipinski definition) is 4. The minimum absolute atomic E-state index is 0.640. The Morgan fingerprint density at radius 1 is 1.23 bits per heavy atom. The van der Waals surface area contributed by atoms with Crippen LogP contribution in [-0.2, 0) is 13.0 Å². The molecule has 0 aliphatic carbocycles. The van der Waals surface area contributed by atoms with Gasteiger partial charge in [-0.05, 0) is 18.2 Å². The van der Waals surface area contributed by atoms with E-state index in [1.54, 1.807) is 11.3 Å². The Hall–Kier alpha value is -1.75. The third-order valence-corrected chi connectivity index (χ3v) is 4.25. The molecular formula is C18H23N3S. The molecule has 2 rings (SSSR count). The summed E-state index contributed by atoms with van der Waals surface area (Å²) in [5.74, 6) is 0. The Balaban J connectivity index is 2.14. The molecule has 0 saturated carbocycles. The van der Waals surface area contributed by atoms with E-state index in [9.17, 15) is 0 Å². The molecule has 0 unspecified atom stereocenters. The maximum atomic E-state index is 5.59. The summed E-state index contributed by atoms with van der Waals surface area (Å²) in [5, 5.41) is 3.15. The second-order valence-corrected chi connectivity index (χ2v) is 6.01. The first-order chi connectivity index (χ1) is 10.8. The molecular weight excluding hydrogens is 290 g/mol. The molecule has 0 radical (unpaired) electrons. The van der Waals surface area contributed by atoms with E-state index < -0.39 is 0 Å². The lowest BCUT2D eigenvalue weighted by Gasteiger charge is -2.18. The monoisotopic (exact) mass is 313 g/mol. The average Bonchev–Trinajstić information content (AvgIpc) is 2.97. The fourth-order valence-electron chi connectivity index (χ4n) is 2.33. The van der Waals surface area contributed by atoms with Crippen molar-refractivity contribution in [2.24, 2.45) is 5.73 Å². The van der Waals surface area contributed by atoms with Gasteiger partial charge in [-0.15, -0.1) is 24.5 Å². The Morgan fingerprint density at radius 3 is 2.68 bits per heavy atom. The zero-order chi connectivity index (χ0) is 15.8. The molecule has 22 heavy (non-hydrogen) atoms. The number of nitrogens with zero attached hydrogens (tertiary/aromatic N) is 2. The molecule has 116 valence electrons. The molecule has 0 amide bonds. The number of thiazole rings is 1. The van der Waals surface area contributed by atoms with Gasteiger partial charge in [0.1, 0.15) is 5.01 Å². The molecule has 3 nitrogen and oxygen atoms in total. The molecule has 0 bridgehead atoms. The summed E-state index contributed by atoms with van der Waals surface area (Å²) < 4.78 is 0. The van der Waals surface area contributed by atoms with Crippen molar-refractivity contribution in [2.45, 2.75) is 13.0 Å². The first kappa shape index (κ1) is 16.6. The van der Waals surface area contributed by atoms with E-state index in [1.807, 2.05) is 12.2 Å². The SMILES string of the molecule is C=CCN(CC=C)Cc1cccc(-c2nc(CCN)cs2)c1. The van der Waals surface area contributed by atoms with Crippen LogP contribution in [0.4, 0.5) is 0 Å². The highest BCUT2D eigenvalue weighted by molar-refractivity contribution is 7.13. The first-order valence-electron chi connectivity index (χ1n) is 7.44. The summed E-state index contributed by atoms with van der Waals surface area (Å²) in [7, 11) is 0. The molecule has 0 aliphatic rings. The van der Waals surface area contributed by atoms with Crippen molar-refractivity contribution >= 4 is 11.3 Å². The second kappa shape index (κ2) is 8.63. The minimum atomic E-state index is 0.640. The van der Waals surface area contributed by atoms with Gasteiger partial charge in [-0.25, -0.2) is 4.98 Å². The zero-order valence-electron chi connectivity index (χ0n) is 12.9. The highest BCUT2D eigenvalue weighted by atomic mass is 32.1. The van der Waals surface area contributed by atoms with Crippen LogP contribution in [0.25, 0.3) is 10.6 Å². The third-order valence-electron chi connectivity index (χ3n) is 3.31. The molecule has 1 aromatic heterocycles. The molecule has 0 spiro atoms. The quantitative estimate of drug-likeness (QED) is 0.721. The summed E-state index contributed by atoms with van der Waals surface area (Å²) in [5.41, 5.74) is 9.11. The normalized spacial score (nSPS) is 10.8. The number of aromatic nitrogens is 1. The Labute approximate surface area is 136 Å². The Bertz CT molecular complexity index is 608. The largest absolute Gasteiger partial charge is 0.330 e. The van der Waals surface area contributed by atoms with Gasteiger partial charge in [0.15, 0.2) is 0 Å². The van der Waals surface area contributed by atoms with Gasteiger partial charge in [-0.3, -0.25) is 4.90 Å². The van der Waals surface area contributed by atoms with Gasteiger partial charge < -0.3 is 5.73 Å². The second-order valence-electron chi connectivity index (χ2n) is 5.15. The highest BCUT2D eigenvalue weighted by Crippen LogP contribution is 2.25. The predicted molar refractivity (Wildman–Crippen MR) is 96.0 cm³/mol. The summed E-state index contributed by atoms with van der Waals surface area (Å²) in [6.07, 6.45) is 4.68. The van der Waals surface area contributed by atoms with E-state index >= 15 is 0 Å². The van der Waals surface area contributed by atoms with Crippen molar-refractivity contribution in [3.8, 4) is 10.6 Å². The number of rotatable bonds is 9. The summed E-state index contributed by atoms with van der Waals surface area (Å²) in [6.45, 7) is 10.9. The van der Waals surface area contributed by atoms with Gasteiger partial charge in [0.05, 0.1) is 5.69 Å². The topological polar surface area (TPSA) is 42.2 Å². The van der Waals surface area contributed by atoms with E-state index in [0.29, 0.717) is 6.54 Å². The molecule has 0 fully saturated rings. The fraction of sp³-hybridized carbons (Fsp3) is 0.278. The predicted octanol–water partition coefficient (Wildman–Crippen LogP) is 3.49. The van der Waals surface area contributed by atoms with E-state index in [0.717, 1.165) is 36.8 Å². The molecule has 0 atom stereocenters. The number of benzene rings is 1. The van der Waals surface area contributed by atoms with Crippen molar-refractivity contribution in [3.05, 3.63) is 66.2 Å². The van der Waals surface area contributed by atoms with E-state index in [2.05, 4.69) is 52.7 Å². The molecule has 2 N–H and O–H groups in total. The van der Waals surface area contributed by atoms with Crippen LogP contribution in [0.2, 0.25) is 0 Å². The summed E-state index contributed by atoms with van der Waals surface area (Å²) in [6, 6.07) is 8.57. The lowest BCUT2D eigenvalue weighted by atomic mass is 10.1. The molecule has 0 aliphatic heterocycles. The van der Waals surface area contributed by atoms with E-state index in [1.165, 1.54) is 11.1 Å². The standard InChI is InChI=1S/C18H23N3S/c1-3-10-21(11-4-2)13-15-6-5-7-16(12-15)18-20-17(8-9-19)14-22-18/h3-7,12,14H,1-2,8-11,13,19H2. The maximum Gasteiger partial charge on any atom is 0.123 e. The van der Waals surface area contributed by atoms with Crippen LogP contribution < -0.4 is 5.73 Å². The van der Waals surface area contributed by atoms with Crippen LogP contribution >= 0.6 is 11.3 Å². The average molecular weight is 313 g/mol. The molecule has 1 aromatic carbocycles. The van der Waals surface area contributed by atoms with Crippen LogP contribution in [0.15, 0.2) is 55.0 Å². The molecule has 2 aromatic rings. The van der Waals surface area contributed by atoms with Gasteiger partial charge in [-0.1, -0.05) is 30.4 Å². The lowest BCUT2D eigenvalue weighted by Crippen LogP contribution is -2.23. The zero-order valence-corrected chi connectivity index (χ0v) is 13.7. The number of nitrogens with two attached hydrogens (primary N) is 1. The number of hydrogen-bond donors (Lipinski definition) is 1. The molecule has 1 heterocycles. The van der Waals surface area contributed by atoms with Crippen molar-refractivity contribution in [3.63, 3.8) is 0 Å². The fourth-order valence-corrected chi connectivity index (χ4v) is 3.18. The van der Waals surface area contributed by atoms with Crippen LogP contribution in [0.1, 0.15) is 11.3 Å². The smallest absolute Gasteiger partial charge is 0.123 e. The molecule has 0 saturated heterocycles. The van der Waals surface area contributed by atoms with Crippen molar-refractivity contribution < 1.29 is 0 Å². The van der Waals surface area contributed by atoms with Crippen molar-refractivity contribution in [1.29, 1.82) is 0 Å². The van der Waals surface area contributed by atoms with Crippen molar-refractivity contribution in [2.75, 3.05) is 19.6 Å². The maximum absolute atomic E-state index is 5.59. The van der Waals surface area contributed by atoms with Crippen LogP contribution in [0.3, 0.4) is 0 Å². The van der Waals surface area contributed by atoms with E-state index in [-0.39, 0.29) is 0 Å². The van der Waals surface area contributed by atoms with Crippen LogP contribution in [0.5, 0.6) is 0 Å². The van der Waals surface area contributed by atoms with Gasteiger partial charge >= 0.3 is 0 Å². The Morgan fingerprint density at radius 2 is 2.00 bits per heavy atom. The third kappa shape index (κ3) is 4.63. The first-order valence-corrected chi connectivity index (χ1v) is 8.32. The van der Waals surface area contributed by atoms with Gasteiger partial charge in [0.25, 0.3) is 0 Å². The Kier molecular flexibility index (Phi) is 6.52.